The minimum absolute atomic E-state index is 0.176. The van der Waals surface area contributed by atoms with Crippen molar-refractivity contribution in [1.29, 1.82) is 0 Å². The molecule has 0 unspecified atom stereocenters. The van der Waals surface area contributed by atoms with Gasteiger partial charge in [-0.2, -0.15) is 0 Å². The van der Waals surface area contributed by atoms with Crippen LogP contribution in [0.2, 0.25) is 0 Å². The van der Waals surface area contributed by atoms with Crippen molar-refractivity contribution in [2.45, 2.75) is 25.6 Å². The van der Waals surface area contributed by atoms with Gasteiger partial charge < -0.3 is 15.2 Å². The zero-order chi connectivity index (χ0) is 11.4. The maximum absolute atomic E-state index is 13.1. The van der Waals surface area contributed by atoms with Crippen molar-refractivity contribution < 1.29 is 13.9 Å². The molecule has 1 aromatic carbocycles. The first-order valence-corrected chi connectivity index (χ1v) is 5.49. The Balaban J connectivity index is 1.86. The number of halogens is 1. The molecular weight excluding hydrogens is 209 g/mol. The normalized spacial score (nSPS) is 17.6. The Labute approximate surface area is 94.3 Å². The van der Waals surface area contributed by atoms with E-state index >= 15 is 0 Å². The Bertz CT molecular complexity index is 351. The molecule has 0 spiro atoms. The molecule has 0 aliphatic carbocycles. The Morgan fingerprint density at radius 1 is 1.38 bits per heavy atom. The maximum Gasteiger partial charge on any atom is 0.146 e. The van der Waals surface area contributed by atoms with Gasteiger partial charge >= 0.3 is 0 Å². The van der Waals surface area contributed by atoms with Crippen LogP contribution in [-0.2, 0) is 16.1 Å². The molecule has 0 radical (unpaired) electrons. The first-order valence-electron chi connectivity index (χ1n) is 5.49. The minimum atomic E-state index is -0.381. The van der Waals surface area contributed by atoms with Crippen molar-refractivity contribution in [3.05, 3.63) is 29.6 Å². The Hall–Kier alpha value is -1.13. The van der Waals surface area contributed by atoms with Crippen molar-refractivity contribution >= 4 is 5.69 Å². The average Bonchev–Trinajstić information content (AvgIpc) is 2.32. The van der Waals surface area contributed by atoms with Crippen LogP contribution in [0.4, 0.5) is 10.1 Å². The lowest BCUT2D eigenvalue weighted by Crippen LogP contribution is -2.23. The largest absolute Gasteiger partial charge is 0.396 e. The number of anilines is 1. The standard InChI is InChI=1S/C12H16FNO2/c13-11-7-9(1-2-12(11)14)8-16-10-3-5-15-6-4-10/h1-2,7,10H,3-6,8,14H2. The second-order valence-corrected chi connectivity index (χ2v) is 3.98. The molecule has 1 saturated heterocycles. The summed E-state index contributed by atoms with van der Waals surface area (Å²) in [6.45, 7) is 1.93. The van der Waals surface area contributed by atoms with E-state index in [1.54, 1.807) is 12.1 Å². The van der Waals surface area contributed by atoms with Gasteiger partial charge in [0.25, 0.3) is 0 Å². The van der Waals surface area contributed by atoms with Crippen molar-refractivity contribution in [2.24, 2.45) is 0 Å². The highest BCUT2D eigenvalue weighted by Gasteiger charge is 2.14. The highest BCUT2D eigenvalue weighted by atomic mass is 19.1. The van der Waals surface area contributed by atoms with Crippen molar-refractivity contribution in [3.8, 4) is 0 Å². The molecule has 2 rings (SSSR count). The third kappa shape index (κ3) is 2.93. The lowest BCUT2D eigenvalue weighted by Gasteiger charge is -2.22. The van der Waals surface area contributed by atoms with E-state index in [9.17, 15) is 4.39 Å². The van der Waals surface area contributed by atoms with E-state index in [2.05, 4.69) is 0 Å². The van der Waals surface area contributed by atoms with Gasteiger partial charge in [-0.1, -0.05) is 6.07 Å². The number of nitrogen functional groups attached to an aromatic ring is 1. The van der Waals surface area contributed by atoms with Crippen molar-refractivity contribution in [1.82, 2.24) is 0 Å². The summed E-state index contributed by atoms with van der Waals surface area (Å²) in [7, 11) is 0. The van der Waals surface area contributed by atoms with Gasteiger partial charge in [0.05, 0.1) is 18.4 Å². The number of hydrogen-bond acceptors (Lipinski definition) is 3. The highest BCUT2D eigenvalue weighted by Crippen LogP contribution is 2.16. The Kier molecular flexibility index (Phi) is 3.74. The molecule has 3 nitrogen and oxygen atoms in total. The minimum Gasteiger partial charge on any atom is -0.396 e. The lowest BCUT2D eigenvalue weighted by atomic mass is 10.1. The molecule has 16 heavy (non-hydrogen) atoms. The Morgan fingerprint density at radius 3 is 2.81 bits per heavy atom. The Morgan fingerprint density at radius 2 is 2.12 bits per heavy atom. The summed E-state index contributed by atoms with van der Waals surface area (Å²) >= 11 is 0. The van der Waals surface area contributed by atoms with Crippen LogP contribution in [-0.4, -0.2) is 19.3 Å². The van der Waals surface area contributed by atoms with Gasteiger partial charge in [-0.3, -0.25) is 0 Å². The highest BCUT2D eigenvalue weighted by molar-refractivity contribution is 5.41. The fraction of sp³-hybridized carbons (Fsp3) is 0.500. The van der Waals surface area contributed by atoms with E-state index in [0.29, 0.717) is 6.61 Å². The molecule has 2 N–H and O–H groups in total. The van der Waals surface area contributed by atoms with Gasteiger partial charge in [0.1, 0.15) is 5.82 Å². The smallest absolute Gasteiger partial charge is 0.146 e. The molecule has 0 amide bonds. The summed E-state index contributed by atoms with van der Waals surface area (Å²) in [5.41, 5.74) is 6.39. The average molecular weight is 225 g/mol. The van der Waals surface area contributed by atoms with Crippen LogP contribution in [0.15, 0.2) is 18.2 Å². The fourth-order valence-corrected chi connectivity index (χ4v) is 1.72. The topological polar surface area (TPSA) is 44.5 Å². The van der Waals surface area contributed by atoms with Crippen LogP contribution in [0.3, 0.4) is 0 Å². The van der Waals surface area contributed by atoms with E-state index in [0.717, 1.165) is 31.6 Å². The van der Waals surface area contributed by atoms with Crippen molar-refractivity contribution in [2.75, 3.05) is 18.9 Å². The second-order valence-electron chi connectivity index (χ2n) is 3.98. The van der Waals surface area contributed by atoms with Gasteiger partial charge in [0, 0.05) is 13.2 Å². The molecule has 1 aliphatic heterocycles. The third-order valence-corrected chi connectivity index (χ3v) is 2.72. The maximum atomic E-state index is 13.1. The molecule has 0 bridgehead atoms. The molecule has 1 aliphatic rings. The van der Waals surface area contributed by atoms with Crippen LogP contribution >= 0.6 is 0 Å². The fourth-order valence-electron chi connectivity index (χ4n) is 1.72. The van der Waals surface area contributed by atoms with Crippen molar-refractivity contribution in [3.63, 3.8) is 0 Å². The molecular formula is C12H16FNO2. The molecule has 0 aromatic heterocycles. The zero-order valence-corrected chi connectivity index (χ0v) is 9.12. The quantitative estimate of drug-likeness (QED) is 0.801. The molecule has 1 fully saturated rings. The van der Waals surface area contributed by atoms with Gasteiger partial charge in [-0.05, 0) is 30.5 Å². The molecule has 88 valence electrons. The van der Waals surface area contributed by atoms with Crippen LogP contribution in [0.25, 0.3) is 0 Å². The van der Waals surface area contributed by atoms with E-state index in [1.807, 2.05) is 0 Å². The number of nitrogens with two attached hydrogens (primary N) is 1. The number of ether oxygens (including phenoxy) is 2. The number of benzene rings is 1. The summed E-state index contributed by atoms with van der Waals surface area (Å²) in [6, 6.07) is 4.78. The van der Waals surface area contributed by atoms with Gasteiger partial charge in [-0.25, -0.2) is 4.39 Å². The summed E-state index contributed by atoms with van der Waals surface area (Å²) < 4.78 is 24.1. The molecule has 1 heterocycles. The first kappa shape index (κ1) is 11.4. The summed E-state index contributed by atoms with van der Waals surface area (Å²) in [5.74, 6) is -0.381. The number of rotatable bonds is 3. The SMILES string of the molecule is Nc1ccc(COC2CCOCC2)cc1F. The first-order chi connectivity index (χ1) is 7.75. The molecule has 1 aromatic rings. The van der Waals surface area contributed by atoms with E-state index in [4.69, 9.17) is 15.2 Å². The van der Waals surface area contributed by atoms with E-state index < -0.39 is 0 Å². The lowest BCUT2D eigenvalue weighted by molar-refractivity contribution is -0.0391. The van der Waals surface area contributed by atoms with Gasteiger partial charge in [-0.15, -0.1) is 0 Å². The predicted octanol–water partition coefficient (Wildman–Crippen LogP) is 2.10. The second kappa shape index (κ2) is 5.27. The summed E-state index contributed by atoms with van der Waals surface area (Å²) in [5, 5.41) is 0. The third-order valence-electron chi connectivity index (χ3n) is 2.72. The van der Waals surface area contributed by atoms with E-state index in [1.165, 1.54) is 6.07 Å². The molecule has 0 saturated carbocycles. The summed E-state index contributed by atoms with van der Waals surface area (Å²) in [6.07, 6.45) is 2.06. The van der Waals surface area contributed by atoms with Crippen LogP contribution in [0.1, 0.15) is 18.4 Å². The van der Waals surface area contributed by atoms with Gasteiger partial charge in [0.2, 0.25) is 0 Å². The zero-order valence-electron chi connectivity index (χ0n) is 9.12. The number of hydrogen-bond donors (Lipinski definition) is 1. The van der Waals surface area contributed by atoms with Crippen LogP contribution in [0, 0.1) is 5.82 Å². The predicted molar refractivity (Wildman–Crippen MR) is 59.4 cm³/mol. The van der Waals surface area contributed by atoms with Crippen LogP contribution < -0.4 is 5.73 Å². The monoisotopic (exact) mass is 225 g/mol. The van der Waals surface area contributed by atoms with Gasteiger partial charge in [0.15, 0.2) is 0 Å². The van der Waals surface area contributed by atoms with Crippen LogP contribution in [0.5, 0.6) is 0 Å². The van der Waals surface area contributed by atoms with E-state index in [-0.39, 0.29) is 17.6 Å². The summed E-state index contributed by atoms with van der Waals surface area (Å²) in [4.78, 5) is 0. The molecule has 4 heteroatoms. The molecule has 0 atom stereocenters.